The summed E-state index contributed by atoms with van der Waals surface area (Å²) < 4.78 is 29.1. The first-order chi connectivity index (χ1) is 11.9. The highest BCUT2D eigenvalue weighted by molar-refractivity contribution is 6.09. The van der Waals surface area contributed by atoms with E-state index in [2.05, 4.69) is 10.1 Å². The van der Waals surface area contributed by atoms with Gasteiger partial charge in [-0.2, -0.15) is 8.78 Å². The van der Waals surface area contributed by atoms with E-state index in [4.69, 9.17) is 0 Å². The highest BCUT2D eigenvalue weighted by atomic mass is 19.3. The number of nitrogens with zero attached hydrogens (tertiary/aromatic N) is 1. The lowest BCUT2D eigenvalue weighted by Gasteiger charge is -2.20. The third-order valence-corrected chi connectivity index (χ3v) is 4.73. The van der Waals surface area contributed by atoms with Gasteiger partial charge in [-0.15, -0.1) is 0 Å². The zero-order valence-corrected chi connectivity index (χ0v) is 13.5. The number of benzene rings is 1. The van der Waals surface area contributed by atoms with Crippen LogP contribution in [0.2, 0.25) is 0 Å². The third kappa shape index (κ3) is 3.47. The van der Waals surface area contributed by atoms with Crippen molar-refractivity contribution in [2.24, 2.45) is 5.41 Å². The SMILES string of the molecule is O=C(CN1C(=O)CC2(CCCC2)C1=O)Nc1ccccc1OC(F)F. The van der Waals surface area contributed by atoms with Gasteiger partial charge in [0.1, 0.15) is 12.3 Å². The molecule has 0 radical (unpaired) electrons. The fourth-order valence-corrected chi connectivity index (χ4v) is 3.56. The van der Waals surface area contributed by atoms with Crippen LogP contribution in [0, 0.1) is 5.41 Å². The molecule has 3 amide bonds. The maximum atomic E-state index is 12.5. The van der Waals surface area contributed by atoms with E-state index in [1.54, 1.807) is 6.07 Å². The molecule has 2 aliphatic rings. The van der Waals surface area contributed by atoms with Crippen molar-refractivity contribution in [3.63, 3.8) is 0 Å². The molecule has 6 nitrogen and oxygen atoms in total. The Bertz CT molecular complexity index is 702. The molecule has 1 saturated carbocycles. The molecule has 2 fully saturated rings. The van der Waals surface area contributed by atoms with Gasteiger partial charge < -0.3 is 10.1 Å². The van der Waals surface area contributed by atoms with Crippen molar-refractivity contribution in [1.29, 1.82) is 0 Å². The molecule has 25 heavy (non-hydrogen) atoms. The standard InChI is InChI=1S/C17H18F2N2O4/c18-16(19)25-12-6-2-1-5-11(12)20-13(22)10-21-14(23)9-17(15(21)24)7-3-4-8-17/h1-2,5-6,16H,3-4,7-10H2,(H,20,22). The molecule has 0 unspecified atom stereocenters. The highest BCUT2D eigenvalue weighted by Crippen LogP contribution is 2.46. The summed E-state index contributed by atoms with van der Waals surface area (Å²) in [4.78, 5) is 37.9. The molecule has 0 bridgehead atoms. The van der Waals surface area contributed by atoms with E-state index in [9.17, 15) is 23.2 Å². The van der Waals surface area contributed by atoms with Gasteiger partial charge in [0.2, 0.25) is 17.7 Å². The topological polar surface area (TPSA) is 75.7 Å². The maximum Gasteiger partial charge on any atom is 0.387 e. The van der Waals surface area contributed by atoms with Gasteiger partial charge in [-0.05, 0) is 25.0 Å². The molecule has 0 aromatic heterocycles. The Balaban J connectivity index is 1.67. The van der Waals surface area contributed by atoms with E-state index in [1.807, 2.05) is 0 Å². The summed E-state index contributed by atoms with van der Waals surface area (Å²) in [6.45, 7) is -3.45. The van der Waals surface area contributed by atoms with Crippen LogP contribution < -0.4 is 10.1 Å². The minimum Gasteiger partial charge on any atom is -0.433 e. The summed E-state index contributed by atoms with van der Waals surface area (Å²) in [5.41, 5.74) is -0.587. The Morgan fingerprint density at radius 2 is 1.92 bits per heavy atom. The quantitative estimate of drug-likeness (QED) is 0.827. The summed E-state index contributed by atoms with van der Waals surface area (Å²) in [7, 11) is 0. The number of ether oxygens (including phenoxy) is 1. The predicted octanol–water partition coefficient (Wildman–Crippen LogP) is 2.55. The molecule has 1 aliphatic carbocycles. The van der Waals surface area contributed by atoms with Crippen molar-refractivity contribution in [1.82, 2.24) is 4.90 Å². The lowest BCUT2D eigenvalue weighted by Crippen LogP contribution is -2.39. The molecule has 1 spiro atoms. The first kappa shape index (κ1) is 17.3. The molecule has 1 saturated heterocycles. The number of carbonyl (C=O) groups is 3. The summed E-state index contributed by atoms with van der Waals surface area (Å²) in [5.74, 6) is -1.49. The number of alkyl halides is 2. The van der Waals surface area contributed by atoms with E-state index < -0.39 is 24.5 Å². The highest BCUT2D eigenvalue weighted by Gasteiger charge is 2.52. The zero-order valence-electron chi connectivity index (χ0n) is 13.5. The molecular weight excluding hydrogens is 334 g/mol. The van der Waals surface area contributed by atoms with Crippen molar-refractivity contribution in [2.45, 2.75) is 38.7 Å². The van der Waals surface area contributed by atoms with E-state index in [-0.39, 0.29) is 29.7 Å². The lowest BCUT2D eigenvalue weighted by atomic mass is 9.84. The average Bonchev–Trinajstić information content (AvgIpc) is 3.10. The van der Waals surface area contributed by atoms with E-state index in [0.29, 0.717) is 12.8 Å². The fraction of sp³-hybridized carbons (Fsp3) is 0.471. The minimum absolute atomic E-state index is 0.0578. The first-order valence-corrected chi connectivity index (χ1v) is 8.10. The number of imide groups is 1. The monoisotopic (exact) mass is 352 g/mol. The summed E-state index contributed by atoms with van der Waals surface area (Å²) in [5, 5.41) is 2.42. The van der Waals surface area contributed by atoms with E-state index in [1.165, 1.54) is 18.2 Å². The molecule has 1 heterocycles. The van der Waals surface area contributed by atoms with Crippen molar-refractivity contribution in [2.75, 3.05) is 11.9 Å². The first-order valence-electron chi connectivity index (χ1n) is 8.10. The number of hydrogen-bond donors (Lipinski definition) is 1. The van der Waals surface area contributed by atoms with Crippen molar-refractivity contribution in [3.05, 3.63) is 24.3 Å². The number of likely N-dealkylation sites (tertiary alicyclic amines) is 1. The largest absolute Gasteiger partial charge is 0.433 e. The third-order valence-electron chi connectivity index (χ3n) is 4.73. The van der Waals surface area contributed by atoms with Gasteiger partial charge in [0.25, 0.3) is 0 Å². The number of rotatable bonds is 5. The molecule has 1 aromatic rings. The summed E-state index contributed by atoms with van der Waals surface area (Å²) in [6.07, 6.45) is 3.28. The lowest BCUT2D eigenvalue weighted by molar-refractivity contribution is -0.143. The van der Waals surface area contributed by atoms with Crippen LogP contribution in [0.25, 0.3) is 0 Å². The van der Waals surface area contributed by atoms with E-state index >= 15 is 0 Å². The van der Waals surface area contributed by atoms with Crippen LogP contribution in [0.4, 0.5) is 14.5 Å². The van der Waals surface area contributed by atoms with Crippen LogP contribution in [0.1, 0.15) is 32.1 Å². The van der Waals surface area contributed by atoms with Crippen molar-refractivity contribution >= 4 is 23.4 Å². The van der Waals surface area contributed by atoms with Crippen LogP contribution in [0.3, 0.4) is 0 Å². The second kappa shape index (κ2) is 6.78. The molecule has 3 rings (SSSR count). The Hall–Kier alpha value is -2.51. The molecule has 8 heteroatoms. The van der Waals surface area contributed by atoms with Gasteiger partial charge in [0.05, 0.1) is 11.1 Å². The fourth-order valence-electron chi connectivity index (χ4n) is 3.56. The molecule has 0 atom stereocenters. The number of para-hydroxylation sites is 2. The van der Waals surface area contributed by atoms with Crippen molar-refractivity contribution in [3.8, 4) is 5.75 Å². The number of anilines is 1. The summed E-state index contributed by atoms with van der Waals surface area (Å²) >= 11 is 0. The number of amides is 3. The van der Waals surface area contributed by atoms with Crippen LogP contribution in [0.5, 0.6) is 5.75 Å². The summed E-state index contributed by atoms with van der Waals surface area (Å²) in [6, 6.07) is 5.74. The average molecular weight is 352 g/mol. The second-order valence-corrected chi connectivity index (χ2v) is 6.37. The Morgan fingerprint density at radius 1 is 1.24 bits per heavy atom. The molecule has 1 N–H and O–H groups in total. The minimum atomic E-state index is -3.03. The van der Waals surface area contributed by atoms with Crippen LogP contribution in [0.15, 0.2) is 24.3 Å². The number of carbonyl (C=O) groups excluding carboxylic acids is 3. The van der Waals surface area contributed by atoms with Gasteiger partial charge in [-0.1, -0.05) is 25.0 Å². The van der Waals surface area contributed by atoms with Crippen LogP contribution >= 0.6 is 0 Å². The number of halogens is 2. The molecule has 1 aliphatic heterocycles. The Morgan fingerprint density at radius 3 is 2.60 bits per heavy atom. The predicted molar refractivity (Wildman–Crippen MR) is 83.9 cm³/mol. The normalized spacial score (nSPS) is 19.1. The van der Waals surface area contributed by atoms with Gasteiger partial charge in [-0.3, -0.25) is 19.3 Å². The molecule has 134 valence electrons. The zero-order chi connectivity index (χ0) is 18.0. The van der Waals surface area contributed by atoms with Crippen LogP contribution in [-0.4, -0.2) is 35.8 Å². The van der Waals surface area contributed by atoms with Crippen LogP contribution in [-0.2, 0) is 14.4 Å². The van der Waals surface area contributed by atoms with Crippen molar-refractivity contribution < 1.29 is 27.9 Å². The Labute approximate surface area is 143 Å². The Kier molecular flexibility index (Phi) is 4.69. The van der Waals surface area contributed by atoms with Gasteiger partial charge in [0.15, 0.2) is 0 Å². The number of nitrogens with one attached hydrogen (secondary N) is 1. The second-order valence-electron chi connectivity index (χ2n) is 6.37. The maximum absolute atomic E-state index is 12.5. The van der Waals surface area contributed by atoms with Gasteiger partial charge in [0, 0.05) is 6.42 Å². The molecule has 1 aromatic carbocycles. The van der Waals surface area contributed by atoms with E-state index in [0.717, 1.165) is 17.7 Å². The molecular formula is C17H18F2N2O4. The van der Waals surface area contributed by atoms with Gasteiger partial charge >= 0.3 is 6.61 Å². The number of hydrogen-bond acceptors (Lipinski definition) is 4. The van der Waals surface area contributed by atoms with Gasteiger partial charge in [-0.25, -0.2) is 0 Å². The smallest absolute Gasteiger partial charge is 0.387 e.